The van der Waals surface area contributed by atoms with Gasteiger partial charge in [-0.25, -0.2) is 0 Å². The molecular formula is C16H36N2O4. The number of ketones is 1. The molecule has 6 heteroatoms. The van der Waals surface area contributed by atoms with Gasteiger partial charge < -0.3 is 24.9 Å². The van der Waals surface area contributed by atoms with Crippen LogP contribution >= 0.6 is 0 Å². The second-order valence-electron chi connectivity index (χ2n) is 3.88. The SMILES string of the molecule is CC.CC.CNCCOCCOCCNC(=O)CCC(C)=O. The average Bonchev–Trinajstić information content (AvgIpc) is 2.55. The maximum Gasteiger partial charge on any atom is 0.220 e. The van der Waals surface area contributed by atoms with Crippen molar-refractivity contribution in [3.63, 3.8) is 0 Å². The van der Waals surface area contributed by atoms with Crippen LogP contribution in [0.5, 0.6) is 0 Å². The largest absolute Gasteiger partial charge is 0.378 e. The van der Waals surface area contributed by atoms with E-state index in [1.54, 1.807) is 0 Å². The summed E-state index contributed by atoms with van der Waals surface area (Å²) in [5, 5.41) is 5.66. The third kappa shape index (κ3) is 27.4. The second-order valence-corrected chi connectivity index (χ2v) is 3.88. The molecule has 0 heterocycles. The maximum atomic E-state index is 11.2. The van der Waals surface area contributed by atoms with Crippen molar-refractivity contribution in [1.29, 1.82) is 0 Å². The second kappa shape index (κ2) is 25.0. The molecule has 0 aromatic carbocycles. The summed E-state index contributed by atoms with van der Waals surface area (Å²) < 4.78 is 10.5. The Morgan fingerprint density at radius 3 is 1.77 bits per heavy atom. The zero-order valence-electron chi connectivity index (χ0n) is 15.3. The minimum Gasteiger partial charge on any atom is -0.378 e. The number of carbonyl (C=O) groups is 2. The number of Topliss-reactive ketones (excluding diaryl/α,β-unsaturated/α-hetero) is 1. The zero-order chi connectivity index (χ0) is 17.6. The lowest BCUT2D eigenvalue weighted by Crippen LogP contribution is -2.27. The first-order valence-corrected chi connectivity index (χ1v) is 8.23. The van der Waals surface area contributed by atoms with Gasteiger partial charge in [-0.3, -0.25) is 4.79 Å². The first kappa shape index (κ1) is 25.9. The van der Waals surface area contributed by atoms with Crippen molar-refractivity contribution in [3.05, 3.63) is 0 Å². The van der Waals surface area contributed by atoms with Gasteiger partial charge in [-0.05, 0) is 14.0 Å². The fourth-order valence-corrected chi connectivity index (χ4v) is 1.14. The molecule has 0 unspecified atom stereocenters. The molecule has 1 amide bonds. The average molecular weight is 320 g/mol. The number of amides is 1. The van der Waals surface area contributed by atoms with E-state index in [1.165, 1.54) is 6.92 Å². The molecule has 0 fully saturated rings. The molecular weight excluding hydrogens is 284 g/mol. The normalized spacial score (nSPS) is 9.00. The third-order valence-corrected chi connectivity index (χ3v) is 2.14. The first-order valence-electron chi connectivity index (χ1n) is 8.23. The summed E-state index contributed by atoms with van der Waals surface area (Å²) in [5.74, 6) is -0.0841. The smallest absolute Gasteiger partial charge is 0.220 e. The van der Waals surface area contributed by atoms with Crippen LogP contribution in [0.1, 0.15) is 47.5 Å². The minimum absolute atomic E-state index is 0.0279. The summed E-state index contributed by atoms with van der Waals surface area (Å²) in [4.78, 5) is 21.9. The van der Waals surface area contributed by atoms with Crippen molar-refractivity contribution in [2.24, 2.45) is 0 Å². The van der Waals surface area contributed by atoms with Crippen LogP contribution in [0.2, 0.25) is 0 Å². The molecule has 0 saturated heterocycles. The highest BCUT2D eigenvalue weighted by atomic mass is 16.5. The van der Waals surface area contributed by atoms with Crippen LogP contribution in [0.3, 0.4) is 0 Å². The van der Waals surface area contributed by atoms with Gasteiger partial charge in [0.2, 0.25) is 5.91 Å². The van der Waals surface area contributed by atoms with E-state index in [0.29, 0.717) is 39.4 Å². The van der Waals surface area contributed by atoms with Crippen LogP contribution in [-0.4, -0.2) is 58.3 Å². The van der Waals surface area contributed by atoms with Gasteiger partial charge in [0, 0.05) is 25.9 Å². The van der Waals surface area contributed by atoms with Crippen LogP contribution < -0.4 is 10.6 Å². The van der Waals surface area contributed by atoms with Crippen molar-refractivity contribution in [2.75, 3.05) is 46.6 Å². The summed E-state index contributed by atoms with van der Waals surface area (Å²) in [6.07, 6.45) is 0.550. The lowest BCUT2D eigenvalue weighted by molar-refractivity contribution is -0.124. The molecule has 22 heavy (non-hydrogen) atoms. The third-order valence-electron chi connectivity index (χ3n) is 2.14. The number of rotatable bonds is 12. The van der Waals surface area contributed by atoms with Gasteiger partial charge in [0.15, 0.2) is 0 Å². The molecule has 0 bridgehead atoms. The molecule has 0 rings (SSSR count). The molecule has 6 nitrogen and oxygen atoms in total. The Bertz CT molecular complexity index is 236. The van der Waals surface area contributed by atoms with E-state index in [2.05, 4.69) is 10.6 Å². The monoisotopic (exact) mass is 320 g/mol. The van der Waals surface area contributed by atoms with E-state index < -0.39 is 0 Å². The zero-order valence-corrected chi connectivity index (χ0v) is 15.3. The number of hydrogen-bond acceptors (Lipinski definition) is 5. The van der Waals surface area contributed by atoms with Crippen molar-refractivity contribution < 1.29 is 19.1 Å². The van der Waals surface area contributed by atoms with Crippen LogP contribution in [0.4, 0.5) is 0 Å². The van der Waals surface area contributed by atoms with E-state index in [-0.39, 0.29) is 18.1 Å². The predicted molar refractivity (Wildman–Crippen MR) is 91.2 cm³/mol. The Morgan fingerprint density at radius 1 is 0.818 bits per heavy atom. The van der Waals surface area contributed by atoms with E-state index >= 15 is 0 Å². The Hall–Kier alpha value is -0.980. The van der Waals surface area contributed by atoms with Gasteiger partial charge in [-0.2, -0.15) is 0 Å². The van der Waals surface area contributed by atoms with Gasteiger partial charge in [0.1, 0.15) is 5.78 Å². The Kier molecular flexibility index (Phi) is 29.5. The molecule has 0 aromatic rings. The van der Waals surface area contributed by atoms with Gasteiger partial charge in [-0.1, -0.05) is 27.7 Å². The van der Waals surface area contributed by atoms with Crippen molar-refractivity contribution in [1.82, 2.24) is 10.6 Å². The van der Waals surface area contributed by atoms with E-state index in [0.717, 1.165) is 6.54 Å². The molecule has 0 spiro atoms. The molecule has 0 aliphatic rings. The Labute approximate surface area is 136 Å². The minimum atomic E-state index is -0.112. The molecule has 0 radical (unpaired) electrons. The maximum absolute atomic E-state index is 11.2. The van der Waals surface area contributed by atoms with Gasteiger partial charge >= 0.3 is 0 Å². The van der Waals surface area contributed by atoms with Gasteiger partial charge in [0.05, 0.1) is 26.4 Å². The van der Waals surface area contributed by atoms with Gasteiger partial charge in [-0.15, -0.1) is 0 Å². The molecule has 0 aliphatic heterocycles. The fourth-order valence-electron chi connectivity index (χ4n) is 1.14. The first-order chi connectivity index (χ1) is 10.7. The Morgan fingerprint density at radius 2 is 1.32 bits per heavy atom. The number of ether oxygens (including phenoxy) is 2. The predicted octanol–water partition coefficient (Wildman–Crippen LogP) is 1.78. The highest BCUT2D eigenvalue weighted by Gasteiger charge is 2.02. The van der Waals surface area contributed by atoms with Crippen LogP contribution in [0, 0.1) is 0 Å². The molecule has 2 N–H and O–H groups in total. The molecule has 0 aromatic heterocycles. The molecule has 0 atom stereocenters. The summed E-state index contributed by atoms with van der Waals surface area (Å²) >= 11 is 0. The quantitative estimate of drug-likeness (QED) is 0.536. The van der Waals surface area contributed by atoms with Crippen molar-refractivity contribution >= 4 is 11.7 Å². The standard InChI is InChI=1S/C12H24N2O4.2C2H6/c1-11(15)3-4-12(16)14-6-8-18-10-9-17-7-5-13-2;2*1-2/h13H,3-10H2,1-2H3,(H,14,16);2*1-2H3. The van der Waals surface area contributed by atoms with Crippen molar-refractivity contribution in [2.45, 2.75) is 47.5 Å². The Balaban J connectivity index is -0.000000826. The highest BCUT2D eigenvalue weighted by Crippen LogP contribution is 1.89. The summed E-state index contributed by atoms with van der Waals surface area (Å²) in [5.41, 5.74) is 0. The number of likely N-dealkylation sites (N-methyl/N-ethyl adjacent to an activating group) is 1. The molecule has 0 aliphatic carbocycles. The summed E-state index contributed by atoms with van der Waals surface area (Å²) in [6.45, 7) is 13.0. The van der Waals surface area contributed by atoms with Crippen LogP contribution in [0.25, 0.3) is 0 Å². The molecule has 0 saturated carbocycles. The fraction of sp³-hybridized carbons (Fsp3) is 0.875. The lowest BCUT2D eigenvalue weighted by atomic mass is 10.2. The summed E-state index contributed by atoms with van der Waals surface area (Å²) in [6, 6.07) is 0. The highest BCUT2D eigenvalue weighted by molar-refractivity contribution is 5.83. The van der Waals surface area contributed by atoms with E-state index in [9.17, 15) is 9.59 Å². The van der Waals surface area contributed by atoms with Crippen LogP contribution in [-0.2, 0) is 19.1 Å². The number of nitrogens with one attached hydrogen (secondary N) is 2. The van der Waals surface area contributed by atoms with Crippen molar-refractivity contribution in [3.8, 4) is 0 Å². The van der Waals surface area contributed by atoms with E-state index in [1.807, 2.05) is 34.7 Å². The molecule has 134 valence electrons. The van der Waals surface area contributed by atoms with Gasteiger partial charge in [0.25, 0.3) is 0 Å². The van der Waals surface area contributed by atoms with Crippen LogP contribution in [0.15, 0.2) is 0 Å². The topological polar surface area (TPSA) is 76.7 Å². The summed E-state index contributed by atoms with van der Waals surface area (Å²) in [7, 11) is 1.87. The lowest BCUT2D eigenvalue weighted by Gasteiger charge is -2.06. The number of hydrogen-bond donors (Lipinski definition) is 2. The number of carbonyl (C=O) groups excluding carboxylic acids is 2. The van der Waals surface area contributed by atoms with E-state index in [4.69, 9.17) is 9.47 Å².